The van der Waals surface area contributed by atoms with E-state index >= 15 is 0 Å². The van der Waals surface area contributed by atoms with E-state index in [0.717, 1.165) is 28.4 Å². The molecule has 0 saturated heterocycles. The summed E-state index contributed by atoms with van der Waals surface area (Å²) < 4.78 is 5.47. The van der Waals surface area contributed by atoms with Crippen molar-refractivity contribution in [3.63, 3.8) is 0 Å². The summed E-state index contributed by atoms with van der Waals surface area (Å²) in [4.78, 5) is 19.6. The number of imidazole rings is 1. The van der Waals surface area contributed by atoms with Crippen LogP contribution in [0.25, 0.3) is 11.0 Å². The fourth-order valence-electron chi connectivity index (χ4n) is 1.89. The first-order valence-corrected chi connectivity index (χ1v) is 8.09. The van der Waals surface area contributed by atoms with Crippen LogP contribution in [0.1, 0.15) is 27.2 Å². The maximum absolute atomic E-state index is 11.9. The Labute approximate surface area is 128 Å². The van der Waals surface area contributed by atoms with Gasteiger partial charge in [0.2, 0.25) is 5.91 Å². The Morgan fingerprint density at radius 1 is 1.48 bits per heavy atom. The molecule has 0 aliphatic heterocycles. The number of carbonyl (C=O) groups is 1. The molecule has 1 aromatic carbocycles. The molecule has 0 aliphatic rings. The number of aromatic amines is 1. The van der Waals surface area contributed by atoms with Crippen LogP contribution >= 0.6 is 11.8 Å². The van der Waals surface area contributed by atoms with Gasteiger partial charge < -0.3 is 15.0 Å². The molecule has 1 amide bonds. The molecule has 0 radical (unpaired) electrons. The van der Waals surface area contributed by atoms with Gasteiger partial charge in [0.25, 0.3) is 0 Å². The number of amides is 1. The van der Waals surface area contributed by atoms with Gasteiger partial charge in [-0.25, -0.2) is 4.98 Å². The van der Waals surface area contributed by atoms with Crippen LogP contribution in [0, 0.1) is 0 Å². The minimum atomic E-state index is -0.177. The third-order valence-corrected chi connectivity index (χ3v) is 3.93. The summed E-state index contributed by atoms with van der Waals surface area (Å²) in [5.41, 5.74) is 1.80. The number of hydrogen-bond acceptors (Lipinski definition) is 4. The van der Waals surface area contributed by atoms with Crippen molar-refractivity contribution in [1.29, 1.82) is 0 Å². The first-order chi connectivity index (χ1) is 10.1. The lowest BCUT2D eigenvalue weighted by atomic mass is 10.3. The number of ether oxygens (including phenoxy) is 1. The molecule has 1 atom stereocenters. The van der Waals surface area contributed by atoms with E-state index in [2.05, 4.69) is 15.3 Å². The Kier molecular flexibility index (Phi) is 5.50. The van der Waals surface area contributed by atoms with Gasteiger partial charge in [0, 0.05) is 12.6 Å². The van der Waals surface area contributed by atoms with E-state index in [1.165, 1.54) is 11.8 Å². The van der Waals surface area contributed by atoms with Gasteiger partial charge in [0.1, 0.15) is 5.75 Å². The topological polar surface area (TPSA) is 67.0 Å². The van der Waals surface area contributed by atoms with Crippen LogP contribution in [-0.4, -0.2) is 34.3 Å². The standard InChI is InChI=1S/C15H21N3O2S/c1-4-8-16-14(19)10(3)21-15-17-12-7-6-11(20-5-2)9-13(12)18-15/h6-7,9-10H,4-5,8H2,1-3H3,(H,16,19)(H,17,18). The molecular formula is C15H21N3O2S. The molecule has 114 valence electrons. The molecule has 0 bridgehead atoms. The third-order valence-electron chi connectivity index (χ3n) is 2.95. The van der Waals surface area contributed by atoms with Crippen molar-refractivity contribution in [3.8, 4) is 5.75 Å². The van der Waals surface area contributed by atoms with Crippen molar-refractivity contribution in [1.82, 2.24) is 15.3 Å². The Hall–Kier alpha value is -1.69. The molecule has 0 aliphatic carbocycles. The van der Waals surface area contributed by atoms with E-state index in [4.69, 9.17) is 4.74 Å². The van der Waals surface area contributed by atoms with Crippen molar-refractivity contribution in [3.05, 3.63) is 18.2 Å². The lowest BCUT2D eigenvalue weighted by molar-refractivity contribution is -0.120. The van der Waals surface area contributed by atoms with Gasteiger partial charge in [-0.15, -0.1) is 0 Å². The third kappa shape index (κ3) is 4.14. The van der Waals surface area contributed by atoms with Gasteiger partial charge in [-0.2, -0.15) is 0 Å². The minimum Gasteiger partial charge on any atom is -0.494 e. The van der Waals surface area contributed by atoms with Gasteiger partial charge in [-0.05, 0) is 32.4 Å². The van der Waals surface area contributed by atoms with Crippen LogP contribution in [0.4, 0.5) is 0 Å². The van der Waals surface area contributed by atoms with Crippen LogP contribution in [0.2, 0.25) is 0 Å². The molecule has 0 saturated carbocycles. The predicted molar refractivity (Wildman–Crippen MR) is 85.9 cm³/mol. The normalized spacial score (nSPS) is 12.3. The van der Waals surface area contributed by atoms with Gasteiger partial charge >= 0.3 is 0 Å². The fourth-order valence-corrected chi connectivity index (χ4v) is 2.74. The number of fused-ring (bicyclic) bond motifs is 1. The highest BCUT2D eigenvalue weighted by atomic mass is 32.2. The Bertz CT molecular complexity index is 612. The maximum atomic E-state index is 11.9. The average Bonchev–Trinajstić information content (AvgIpc) is 2.86. The van der Waals surface area contributed by atoms with Gasteiger partial charge in [-0.3, -0.25) is 4.79 Å². The number of hydrogen-bond donors (Lipinski definition) is 2. The molecule has 2 rings (SSSR count). The van der Waals surface area contributed by atoms with Gasteiger partial charge in [0.15, 0.2) is 5.16 Å². The number of benzene rings is 1. The van der Waals surface area contributed by atoms with E-state index in [0.29, 0.717) is 13.2 Å². The maximum Gasteiger partial charge on any atom is 0.233 e. The highest BCUT2D eigenvalue weighted by Crippen LogP contribution is 2.25. The Balaban J connectivity index is 2.06. The second-order valence-corrected chi connectivity index (χ2v) is 6.03. The Morgan fingerprint density at radius 2 is 2.29 bits per heavy atom. The average molecular weight is 307 g/mol. The number of H-pyrrole nitrogens is 1. The van der Waals surface area contributed by atoms with Gasteiger partial charge in [-0.1, -0.05) is 18.7 Å². The van der Waals surface area contributed by atoms with Crippen LogP contribution in [-0.2, 0) is 4.79 Å². The first-order valence-electron chi connectivity index (χ1n) is 7.21. The highest BCUT2D eigenvalue weighted by Gasteiger charge is 2.16. The molecule has 6 heteroatoms. The van der Waals surface area contributed by atoms with Crippen molar-refractivity contribution in [2.24, 2.45) is 0 Å². The molecule has 2 aromatic rings. The van der Waals surface area contributed by atoms with E-state index in [1.54, 1.807) is 0 Å². The molecule has 0 fully saturated rings. The quantitative estimate of drug-likeness (QED) is 0.772. The minimum absolute atomic E-state index is 0.0392. The van der Waals surface area contributed by atoms with E-state index in [9.17, 15) is 4.79 Å². The van der Waals surface area contributed by atoms with Crippen LogP contribution < -0.4 is 10.1 Å². The van der Waals surface area contributed by atoms with Crippen molar-refractivity contribution < 1.29 is 9.53 Å². The highest BCUT2D eigenvalue weighted by molar-refractivity contribution is 8.00. The number of carbonyl (C=O) groups excluding carboxylic acids is 1. The van der Waals surface area contributed by atoms with Crippen molar-refractivity contribution in [2.75, 3.05) is 13.2 Å². The molecule has 21 heavy (non-hydrogen) atoms. The summed E-state index contributed by atoms with van der Waals surface area (Å²) in [7, 11) is 0. The summed E-state index contributed by atoms with van der Waals surface area (Å²) in [5, 5.41) is 3.46. The number of aromatic nitrogens is 2. The SMILES string of the molecule is CCCNC(=O)C(C)Sc1nc2ccc(OCC)cc2[nH]1. The summed E-state index contributed by atoms with van der Waals surface area (Å²) >= 11 is 1.43. The molecular weight excluding hydrogens is 286 g/mol. The molecule has 1 aromatic heterocycles. The van der Waals surface area contributed by atoms with Gasteiger partial charge in [0.05, 0.1) is 22.9 Å². The lowest BCUT2D eigenvalue weighted by Crippen LogP contribution is -2.31. The van der Waals surface area contributed by atoms with E-state index < -0.39 is 0 Å². The molecule has 1 heterocycles. The summed E-state index contributed by atoms with van der Waals surface area (Å²) in [6, 6.07) is 5.75. The lowest BCUT2D eigenvalue weighted by Gasteiger charge is -2.09. The Morgan fingerprint density at radius 3 is 3.00 bits per heavy atom. The summed E-state index contributed by atoms with van der Waals surface area (Å²) in [5.74, 6) is 0.858. The smallest absolute Gasteiger partial charge is 0.233 e. The van der Waals surface area contributed by atoms with Crippen molar-refractivity contribution in [2.45, 2.75) is 37.6 Å². The fraction of sp³-hybridized carbons (Fsp3) is 0.467. The number of rotatable bonds is 7. The van der Waals surface area contributed by atoms with E-state index in [-0.39, 0.29) is 11.2 Å². The molecule has 1 unspecified atom stereocenters. The van der Waals surface area contributed by atoms with Crippen molar-refractivity contribution >= 4 is 28.7 Å². The summed E-state index contributed by atoms with van der Waals surface area (Å²) in [6.07, 6.45) is 0.938. The molecule has 5 nitrogen and oxygen atoms in total. The first kappa shape index (κ1) is 15.7. The second-order valence-electron chi connectivity index (χ2n) is 4.71. The second kappa shape index (κ2) is 7.36. The predicted octanol–water partition coefficient (Wildman–Crippen LogP) is 2.97. The summed E-state index contributed by atoms with van der Waals surface area (Å²) in [6.45, 7) is 7.22. The monoisotopic (exact) mass is 307 g/mol. The molecule has 0 spiro atoms. The number of thioether (sulfide) groups is 1. The zero-order valence-electron chi connectivity index (χ0n) is 12.6. The zero-order chi connectivity index (χ0) is 15.2. The largest absolute Gasteiger partial charge is 0.494 e. The van der Waals surface area contributed by atoms with Crippen LogP contribution in [0.5, 0.6) is 5.75 Å². The van der Waals surface area contributed by atoms with E-state index in [1.807, 2.05) is 39.0 Å². The van der Waals surface area contributed by atoms with Crippen LogP contribution in [0.15, 0.2) is 23.4 Å². The number of nitrogens with zero attached hydrogens (tertiary/aromatic N) is 1. The number of nitrogens with one attached hydrogen (secondary N) is 2. The van der Waals surface area contributed by atoms with Crippen LogP contribution in [0.3, 0.4) is 0 Å². The zero-order valence-corrected chi connectivity index (χ0v) is 13.4. The molecule has 2 N–H and O–H groups in total.